The van der Waals surface area contributed by atoms with Crippen LogP contribution >= 0.6 is 0 Å². The van der Waals surface area contributed by atoms with Crippen LogP contribution < -0.4 is 9.80 Å². The molecule has 0 amide bonds. The van der Waals surface area contributed by atoms with Gasteiger partial charge in [0.2, 0.25) is 6.04 Å². The van der Waals surface area contributed by atoms with Crippen molar-refractivity contribution in [3.8, 4) is 0 Å². The topological polar surface area (TPSA) is 35.2 Å². The standard InChI is InChI=1S/C21H26N2O2/c1-2-25-21(24)20(19-11-7-4-8-12-19)23-15-13-22(14-16-23)17-18-9-5-3-6-10-18/h3-12,20H,2,13-17H2,1H3/p+2/t20-/m1/s1. The molecule has 0 aromatic heterocycles. The Bertz CT molecular complexity index is 652. The van der Waals surface area contributed by atoms with Crippen LogP contribution in [0.1, 0.15) is 24.1 Å². The second-order valence-electron chi connectivity index (χ2n) is 6.67. The summed E-state index contributed by atoms with van der Waals surface area (Å²) in [5, 5.41) is 0. The number of benzene rings is 2. The Morgan fingerprint density at radius 1 is 0.960 bits per heavy atom. The molecule has 4 nitrogen and oxygen atoms in total. The lowest BCUT2D eigenvalue weighted by Crippen LogP contribution is -3.28. The van der Waals surface area contributed by atoms with E-state index in [1.165, 1.54) is 10.5 Å². The summed E-state index contributed by atoms with van der Waals surface area (Å²) in [5.74, 6) is -0.102. The van der Waals surface area contributed by atoms with Gasteiger partial charge in [-0.05, 0) is 6.92 Å². The van der Waals surface area contributed by atoms with E-state index in [9.17, 15) is 4.79 Å². The van der Waals surface area contributed by atoms with Gasteiger partial charge < -0.3 is 14.5 Å². The van der Waals surface area contributed by atoms with E-state index in [2.05, 4.69) is 30.3 Å². The first kappa shape index (κ1) is 17.6. The third kappa shape index (κ3) is 4.68. The average molecular weight is 340 g/mol. The van der Waals surface area contributed by atoms with Crippen LogP contribution in [-0.2, 0) is 16.1 Å². The number of carbonyl (C=O) groups is 1. The van der Waals surface area contributed by atoms with E-state index >= 15 is 0 Å². The zero-order valence-electron chi connectivity index (χ0n) is 14.9. The Labute approximate surface area is 150 Å². The third-order valence-corrected chi connectivity index (χ3v) is 4.96. The molecule has 2 aromatic rings. The molecule has 0 bridgehead atoms. The summed E-state index contributed by atoms with van der Waals surface area (Å²) < 4.78 is 5.37. The van der Waals surface area contributed by atoms with Crippen LogP contribution in [-0.4, -0.2) is 38.8 Å². The number of ether oxygens (including phenoxy) is 1. The van der Waals surface area contributed by atoms with Crippen molar-refractivity contribution in [3.05, 3.63) is 71.8 Å². The second kappa shape index (κ2) is 8.79. The molecule has 132 valence electrons. The average Bonchev–Trinajstić information content (AvgIpc) is 2.65. The van der Waals surface area contributed by atoms with E-state index in [0.717, 1.165) is 38.3 Å². The van der Waals surface area contributed by atoms with Crippen LogP contribution in [0.5, 0.6) is 0 Å². The van der Waals surface area contributed by atoms with Gasteiger partial charge in [0.15, 0.2) is 0 Å². The van der Waals surface area contributed by atoms with Gasteiger partial charge in [-0.3, -0.25) is 0 Å². The number of hydrogen-bond acceptors (Lipinski definition) is 2. The molecular formula is C21H28N2O2+2. The largest absolute Gasteiger partial charge is 0.461 e. The first-order valence-corrected chi connectivity index (χ1v) is 9.21. The highest BCUT2D eigenvalue weighted by Gasteiger charge is 2.36. The molecule has 25 heavy (non-hydrogen) atoms. The zero-order valence-corrected chi connectivity index (χ0v) is 14.9. The predicted octanol–water partition coefficient (Wildman–Crippen LogP) is 0.274. The van der Waals surface area contributed by atoms with Crippen molar-refractivity contribution in [3.63, 3.8) is 0 Å². The van der Waals surface area contributed by atoms with Crippen LogP contribution in [0.2, 0.25) is 0 Å². The first-order valence-electron chi connectivity index (χ1n) is 9.21. The fourth-order valence-electron chi connectivity index (χ4n) is 3.68. The highest BCUT2D eigenvalue weighted by Crippen LogP contribution is 2.11. The number of rotatable bonds is 6. The minimum atomic E-state index is -0.209. The Morgan fingerprint density at radius 2 is 1.56 bits per heavy atom. The molecule has 2 N–H and O–H groups in total. The lowest BCUT2D eigenvalue weighted by atomic mass is 10.0. The molecule has 1 atom stereocenters. The Morgan fingerprint density at radius 3 is 2.16 bits per heavy atom. The summed E-state index contributed by atoms with van der Waals surface area (Å²) >= 11 is 0. The zero-order chi connectivity index (χ0) is 17.5. The van der Waals surface area contributed by atoms with Gasteiger partial charge in [0.05, 0.1) is 6.61 Å². The van der Waals surface area contributed by atoms with Crippen molar-refractivity contribution in [1.82, 2.24) is 0 Å². The lowest BCUT2D eigenvalue weighted by molar-refractivity contribution is -1.03. The number of nitrogens with one attached hydrogen (secondary N) is 2. The molecule has 1 aliphatic rings. The van der Waals surface area contributed by atoms with Crippen LogP contribution in [0.4, 0.5) is 0 Å². The van der Waals surface area contributed by atoms with Gasteiger partial charge in [0.25, 0.3) is 0 Å². The van der Waals surface area contributed by atoms with E-state index in [0.29, 0.717) is 6.61 Å². The molecule has 1 saturated heterocycles. The van der Waals surface area contributed by atoms with Gasteiger partial charge in [0, 0.05) is 11.1 Å². The molecular weight excluding hydrogens is 312 g/mol. The fraction of sp³-hybridized carbons (Fsp3) is 0.381. The van der Waals surface area contributed by atoms with Gasteiger partial charge in [-0.2, -0.15) is 0 Å². The van der Waals surface area contributed by atoms with E-state index in [1.807, 2.05) is 37.3 Å². The Kier molecular flexibility index (Phi) is 6.20. The van der Waals surface area contributed by atoms with Crippen molar-refractivity contribution in [1.29, 1.82) is 0 Å². The van der Waals surface area contributed by atoms with Crippen molar-refractivity contribution >= 4 is 5.97 Å². The van der Waals surface area contributed by atoms with E-state index in [4.69, 9.17) is 4.74 Å². The maximum atomic E-state index is 12.6. The maximum Gasteiger partial charge on any atom is 0.369 e. The number of quaternary nitrogens is 2. The highest BCUT2D eigenvalue weighted by atomic mass is 16.5. The van der Waals surface area contributed by atoms with Gasteiger partial charge >= 0.3 is 5.97 Å². The number of carbonyl (C=O) groups excluding carboxylic acids is 1. The first-order chi connectivity index (χ1) is 12.3. The fourth-order valence-corrected chi connectivity index (χ4v) is 3.68. The molecule has 0 spiro atoms. The molecule has 1 aliphatic heterocycles. The third-order valence-electron chi connectivity index (χ3n) is 4.96. The van der Waals surface area contributed by atoms with E-state index in [1.54, 1.807) is 4.90 Å². The normalized spacial score (nSPS) is 21.5. The maximum absolute atomic E-state index is 12.6. The summed E-state index contributed by atoms with van der Waals surface area (Å²) in [4.78, 5) is 15.5. The van der Waals surface area contributed by atoms with E-state index in [-0.39, 0.29) is 12.0 Å². The molecule has 0 aliphatic carbocycles. The molecule has 0 saturated carbocycles. The molecule has 0 radical (unpaired) electrons. The van der Waals surface area contributed by atoms with Crippen LogP contribution in [0.15, 0.2) is 60.7 Å². The van der Waals surface area contributed by atoms with Crippen LogP contribution in [0.25, 0.3) is 0 Å². The second-order valence-corrected chi connectivity index (χ2v) is 6.67. The number of piperazine rings is 1. The van der Waals surface area contributed by atoms with Gasteiger partial charge in [-0.1, -0.05) is 60.7 Å². The van der Waals surface area contributed by atoms with Crippen molar-refractivity contribution in [2.75, 3.05) is 32.8 Å². The number of hydrogen-bond donors (Lipinski definition) is 2. The van der Waals surface area contributed by atoms with Gasteiger partial charge in [0.1, 0.15) is 32.7 Å². The van der Waals surface area contributed by atoms with Crippen LogP contribution in [0, 0.1) is 0 Å². The van der Waals surface area contributed by atoms with Gasteiger partial charge in [-0.25, -0.2) is 4.79 Å². The summed E-state index contributed by atoms with van der Waals surface area (Å²) in [6.45, 7) is 7.49. The summed E-state index contributed by atoms with van der Waals surface area (Å²) in [5.41, 5.74) is 2.44. The van der Waals surface area contributed by atoms with Crippen LogP contribution in [0.3, 0.4) is 0 Å². The number of esters is 1. The monoisotopic (exact) mass is 340 g/mol. The molecule has 2 aromatic carbocycles. The smallest absolute Gasteiger partial charge is 0.369 e. The van der Waals surface area contributed by atoms with E-state index < -0.39 is 0 Å². The molecule has 0 unspecified atom stereocenters. The predicted molar refractivity (Wildman–Crippen MR) is 97.4 cm³/mol. The highest BCUT2D eigenvalue weighted by molar-refractivity contribution is 5.76. The van der Waals surface area contributed by atoms with Gasteiger partial charge in [-0.15, -0.1) is 0 Å². The van der Waals surface area contributed by atoms with Crippen molar-refractivity contribution in [2.45, 2.75) is 19.5 Å². The Balaban J connectivity index is 1.64. The Hall–Kier alpha value is -2.17. The molecule has 1 fully saturated rings. The quantitative estimate of drug-likeness (QED) is 0.741. The summed E-state index contributed by atoms with van der Waals surface area (Å²) in [6, 6.07) is 20.5. The van der Waals surface area contributed by atoms with Crippen molar-refractivity contribution < 1.29 is 19.3 Å². The SMILES string of the molecule is CCOC(=O)[C@@H](c1ccccc1)[NH+]1CC[NH+](Cc2ccccc2)CC1. The minimum Gasteiger partial charge on any atom is -0.461 e. The summed E-state index contributed by atoms with van der Waals surface area (Å²) in [7, 11) is 0. The molecule has 3 rings (SSSR count). The summed E-state index contributed by atoms with van der Waals surface area (Å²) in [6.07, 6.45) is 0. The molecule has 4 heteroatoms. The lowest BCUT2D eigenvalue weighted by Gasteiger charge is -2.33. The molecule has 1 heterocycles. The van der Waals surface area contributed by atoms with Crippen molar-refractivity contribution in [2.24, 2.45) is 0 Å². The minimum absolute atomic E-state index is 0.102.